The second-order valence-corrected chi connectivity index (χ2v) is 5.67. The Bertz CT molecular complexity index is 637. The van der Waals surface area contributed by atoms with E-state index in [9.17, 15) is 4.79 Å². The highest BCUT2D eigenvalue weighted by atomic mass is 79.9. The first-order valence-corrected chi connectivity index (χ1v) is 7.30. The zero-order valence-electron chi connectivity index (χ0n) is 10.9. The fourth-order valence-corrected chi connectivity index (χ4v) is 2.50. The first-order valence-electron chi connectivity index (χ1n) is 6.51. The van der Waals surface area contributed by atoms with E-state index < -0.39 is 0 Å². The van der Waals surface area contributed by atoms with E-state index >= 15 is 0 Å². The van der Waals surface area contributed by atoms with Gasteiger partial charge in [0, 0.05) is 16.7 Å². The molecule has 4 heteroatoms. The summed E-state index contributed by atoms with van der Waals surface area (Å²) in [7, 11) is 0. The van der Waals surface area contributed by atoms with Crippen LogP contribution in [0, 0.1) is 0 Å². The Balaban J connectivity index is 1.66. The molecule has 0 amide bonds. The lowest BCUT2D eigenvalue weighted by Crippen LogP contribution is -2.05. The topological polar surface area (TPSA) is 38.3 Å². The van der Waals surface area contributed by atoms with E-state index in [1.165, 1.54) is 5.56 Å². The van der Waals surface area contributed by atoms with Crippen molar-refractivity contribution in [3.63, 3.8) is 0 Å². The minimum absolute atomic E-state index is 0.288. The summed E-state index contributed by atoms with van der Waals surface area (Å²) in [5.41, 5.74) is 3.87. The molecule has 1 aliphatic heterocycles. The number of hydrogen-bond acceptors (Lipinski definition) is 3. The molecule has 1 heterocycles. The fraction of sp³-hybridized carbons (Fsp3) is 0.188. The summed E-state index contributed by atoms with van der Waals surface area (Å²) in [5, 5.41) is 3.26. The second kappa shape index (κ2) is 5.67. The molecular formula is C16H14BrNO2. The van der Waals surface area contributed by atoms with E-state index in [0.717, 1.165) is 28.7 Å². The van der Waals surface area contributed by atoms with Crippen molar-refractivity contribution >= 4 is 27.6 Å². The molecule has 0 radical (unpaired) electrons. The number of carbonyl (C=O) groups is 1. The molecule has 0 spiro atoms. The van der Waals surface area contributed by atoms with Gasteiger partial charge in [-0.15, -0.1) is 0 Å². The number of fused-ring (bicyclic) bond motifs is 1. The Morgan fingerprint density at radius 2 is 2.00 bits per heavy atom. The predicted molar refractivity (Wildman–Crippen MR) is 81.9 cm³/mol. The molecule has 0 bridgehead atoms. The van der Waals surface area contributed by atoms with Gasteiger partial charge in [-0.25, -0.2) is 4.79 Å². The van der Waals surface area contributed by atoms with Crippen molar-refractivity contribution in [2.24, 2.45) is 0 Å². The van der Waals surface area contributed by atoms with Crippen LogP contribution < -0.4 is 5.32 Å². The number of benzene rings is 2. The van der Waals surface area contributed by atoms with Gasteiger partial charge in [-0.2, -0.15) is 0 Å². The van der Waals surface area contributed by atoms with Gasteiger partial charge in [0.05, 0.1) is 5.56 Å². The molecule has 0 unspecified atom stereocenters. The number of halogens is 1. The molecule has 3 rings (SSSR count). The molecule has 2 aromatic carbocycles. The minimum atomic E-state index is -0.288. The largest absolute Gasteiger partial charge is 0.457 e. The third kappa shape index (κ3) is 2.85. The molecule has 0 saturated carbocycles. The fourth-order valence-electron chi connectivity index (χ4n) is 2.23. The van der Waals surface area contributed by atoms with E-state index in [-0.39, 0.29) is 12.6 Å². The third-order valence-electron chi connectivity index (χ3n) is 3.34. The molecule has 1 aliphatic rings. The Kier molecular flexibility index (Phi) is 3.74. The van der Waals surface area contributed by atoms with Crippen LogP contribution in [0.15, 0.2) is 46.9 Å². The van der Waals surface area contributed by atoms with Gasteiger partial charge in [-0.1, -0.05) is 34.1 Å². The normalized spacial score (nSPS) is 12.7. The second-order valence-electron chi connectivity index (χ2n) is 4.75. The van der Waals surface area contributed by atoms with Crippen molar-refractivity contribution in [1.82, 2.24) is 0 Å². The highest BCUT2D eigenvalue weighted by molar-refractivity contribution is 9.10. The van der Waals surface area contributed by atoms with Crippen LogP contribution in [0.25, 0.3) is 0 Å². The van der Waals surface area contributed by atoms with E-state index in [1.54, 1.807) is 0 Å². The number of hydrogen-bond donors (Lipinski definition) is 1. The SMILES string of the molecule is O=C(OCc1ccc(Br)cc1)c1ccc2c(c1)NCC2. The molecule has 2 aromatic rings. The zero-order chi connectivity index (χ0) is 13.9. The number of nitrogens with one attached hydrogen (secondary N) is 1. The summed E-state index contributed by atoms with van der Waals surface area (Å²) in [6, 6.07) is 13.4. The van der Waals surface area contributed by atoms with E-state index in [1.807, 2.05) is 42.5 Å². The van der Waals surface area contributed by atoms with Crippen molar-refractivity contribution in [2.75, 3.05) is 11.9 Å². The maximum Gasteiger partial charge on any atom is 0.338 e. The molecule has 3 nitrogen and oxygen atoms in total. The lowest BCUT2D eigenvalue weighted by Gasteiger charge is -2.07. The Hall–Kier alpha value is -1.81. The third-order valence-corrected chi connectivity index (χ3v) is 3.87. The molecule has 0 atom stereocenters. The minimum Gasteiger partial charge on any atom is -0.457 e. The van der Waals surface area contributed by atoms with Crippen LogP contribution in [0.2, 0.25) is 0 Å². The number of ether oxygens (including phenoxy) is 1. The zero-order valence-corrected chi connectivity index (χ0v) is 12.4. The van der Waals surface area contributed by atoms with Crippen LogP contribution in [0.5, 0.6) is 0 Å². The van der Waals surface area contributed by atoms with Crippen LogP contribution in [-0.2, 0) is 17.8 Å². The van der Waals surface area contributed by atoms with Crippen LogP contribution in [0.1, 0.15) is 21.5 Å². The lowest BCUT2D eigenvalue weighted by atomic mass is 10.1. The average molecular weight is 332 g/mol. The molecule has 20 heavy (non-hydrogen) atoms. The van der Waals surface area contributed by atoms with Gasteiger partial charge in [0.2, 0.25) is 0 Å². The van der Waals surface area contributed by atoms with Gasteiger partial charge >= 0.3 is 5.97 Å². The van der Waals surface area contributed by atoms with E-state index in [0.29, 0.717) is 5.56 Å². The molecule has 0 aromatic heterocycles. The van der Waals surface area contributed by atoms with Gasteiger partial charge in [-0.3, -0.25) is 0 Å². The summed E-state index contributed by atoms with van der Waals surface area (Å²) in [5.74, 6) is -0.288. The van der Waals surface area contributed by atoms with Crippen LogP contribution >= 0.6 is 15.9 Å². The molecule has 102 valence electrons. The number of esters is 1. The molecule has 0 fully saturated rings. The van der Waals surface area contributed by atoms with Crippen LogP contribution in [-0.4, -0.2) is 12.5 Å². The maximum atomic E-state index is 12.0. The number of carbonyl (C=O) groups excluding carboxylic acids is 1. The van der Waals surface area contributed by atoms with Crippen molar-refractivity contribution in [3.8, 4) is 0 Å². The standard InChI is InChI=1S/C16H14BrNO2/c17-14-5-1-11(2-6-14)10-20-16(19)13-4-3-12-7-8-18-15(12)9-13/h1-6,9,18H,7-8,10H2. The summed E-state index contributed by atoms with van der Waals surface area (Å²) < 4.78 is 6.34. The van der Waals surface area contributed by atoms with Gasteiger partial charge in [0.15, 0.2) is 0 Å². The number of rotatable bonds is 3. The first-order chi connectivity index (χ1) is 9.72. The Morgan fingerprint density at radius 1 is 1.20 bits per heavy atom. The van der Waals surface area contributed by atoms with Gasteiger partial charge < -0.3 is 10.1 Å². The summed E-state index contributed by atoms with van der Waals surface area (Å²) in [6.07, 6.45) is 1.02. The summed E-state index contributed by atoms with van der Waals surface area (Å²) >= 11 is 3.38. The Morgan fingerprint density at radius 3 is 2.80 bits per heavy atom. The van der Waals surface area contributed by atoms with Crippen molar-refractivity contribution in [3.05, 3.63) is 63.6 Å². The predicted octanol–water partition coefficient (Wildman–Crippen LogP) is 3.77. The van der Waals surface area contributed by atoms with Crippen LogP contribution in [0.4, 0.5) is 5.69 Å². The van der Waals surface area contributed by atoms with Crippen molar-refractivity contribution in [2.45, 2.75) is 13.0 Å². The molecule has 1 N–H and O–H groups in total. The summed E-state index contributed by atoms with van der Waals surface area (Å²) in [4.78, 5) is 12.0. The first kappa shape index (κ1) is 13.2. The summed E-state index contributed by atoms with van der Waals surface area (Å²) in [6.45, 7) is 1.23. The van der Waals surface area contributed by atoms with Gasteiger partial charge in [0.1, 0.15) is 6.61 Å². The number of anilines is 1. The molecule has 0 aliphatic carbocycles. The van der Waals surface area contributed by atoms with E-state index in [2.05, 4.69) is 21.2 Å². The van der Waals surface area contributed by atoms with Crippen molar-refractivity contribution < 1.29 is 9.53 Å². The quantitative estimate of drug-likeness (QED) is 0.870. The molecule has 0 saturated heterocycles. The van der Waals surface area contributed by atoms with E-state index in [4.69, 9.17) is 4.74 Å². The average Bonchev–Trinajstić information content (AvgIpc) is 2.93. The lowest BCUT2D eigenvalue weighted by molar-refractivity contribution is 0.0473. The smallest absolute Gasteiger partial charge is 0.338 e. The highest BCUT2D eigenvalue weighted by Crippen LogP contribution is 2.23. The molecular weight excluding hydrogens is 318 g/mol. The highest BCUT2D eigenvalue weighted by Gasteiger charge is 2.14. The van der Waals surface area contributed by atoms with Crippen molar-refractivity contribution in [1.29, 1.82) is 0 Å². The Labute approximate surface area is 126 Å². The van der Waals surface area contributed by atoms with Gasteiger partial charge in [-0.05, 0) is 41.8 Å². The van der Waals surface area contributed by atoms with Gasteiger partial charge in [0.25, 0.3) is 0 Å². The maximum absolute atomic E-state index is 12.0. The monoisotopic (exact) mass is 331 g/mol. The van der Waals surface area contributed by atoms with Crippen LogP contribution in [0.3, 0.4) is 0 Å².